The fourth-order valence-electron chi connectivity index (χ4n) is 5.03. The van der Waals surface area contributed by atoms with Gasteiger partial charge in [0.1, 0.15) is 6.10 Å². The van der Waals surface area contributed by atoms with Crippen molar-refractivity contribution in [2.75, 3.05) is 47.4 Å². The van der Waals surface area contributed by atoms with Crippen LogP contribution in [0.4, 0.5) is 0 Å². The molecular weight excluding hydrogens is 640 g/mol. The van der Waals surface area contributed by atoms with E-state index >= 15 is 0 Å². The molecule has 1 aliphatic heterocycles. The number of carbonyl (C=O) groups is 2. The van der Waals surface area contributed by atoms with Crippen molar-refractivity contribution in [3.05, 3.63) is 83.1 Å². The number of likely N-dealkylation sites (N-methyl/N-ethyl adjacent to an activating group) is 1. The van der Waals surface area contributed by atoms with Crippen molar-refractivity contribution in [2.24, 2.45) is 7.05 Å². The van der Waals surface area contributed by atoms with Gasteiger partial charge in [0.05, 0.1) is 30.4 Å². The zero-order chi connectivity index (χ0) is 37.4. The summed E-state index contributed by atoms with van der Waals surface area (Å²) in [6.07, 6.45) is 14.1. The number of benzene rings is 1. The topological polar surface area (TPSA) is 101 Å². The summed E-state index contributed by atoms with van der Waals surface area (Å²) >= 11 is 6.63. The van der Waals surface area contributed by atoms with E-state index < -0.39 is 12.1 Å². The van der Waals surface area contributed by atoms with Gasteiger partial charge in [-0.1, -0.05) is 63.6 Å². The number of nitrogens with one attached hydrogen (secondary N) is 2. The third-order valence-corrected chi connectivity index (χ3v) is 7.88. The van der Waals surface area contributed by atoms with Crippen LogP contribution in [-0.2, 0) is 26.1 Å². The Hall–Kier alpha value is -3.44. The molecule has 1 saturated heterocycles. The molecule has 10 nitrogen and oxygen atoms in total. The maximum absolute atomic E-state index is 13.1. The second-order valence-corrected chi connectivity index (χ2v) is 11.6. The van der Waals surface area contributed by atoms with Crippen LogP contribution >= 0.6 is 11.6 Å². The third kappa shape index (κ3) is 15.8. The summed E-state index contributed by atoms with van der Waals surface area (Å²) in [5, 5.41) is 6.89. The number of hydrogen-bond donors (Lipinski definition) is 2. The Labute approximate surface area is 301 Å². The fourth-order valence-corrected chi connectivity index (χ4v) is 5.20. The third-order valence-electron chi connectivity index (χ3n) is 7.64. The first kappa shape index (κ1) is 45.6. The minimum Gasteiger partial charge on any atom is -0.465 e. The molecule has 1 fully saturated rings. The zero-order valence-electron chi connectivity index (χ0n) is 32.0. The summed E-state index contributed by atoms with van der Waals surface area (Å²) in [6.45, 7) is 19.8. The smallest absolute Gasteiger partial charge is 0.293 e. The Morgan fingerprint density at radius 2 is 1.71 bits per heavy atom. The SMILES string of the molecule is C/C=C(\c1cc(Cl)ccc1C(C/C=C\C=C/NC)N1CCN(C)CC1)C(NC(=O)C(C)OC)c1cncn1C.CC.CC.CC(C)OC=O. The molecule has 3 atom stereocenters. The number of aryl methyl sites for hydroxylation is 1. The number of carbonyl (C=O) groups excluding carboxylic acids is 2. The Kier molecular flexibility index (Phi) is 24.6. The Bertz CT molecular complexity index is 1280. The first-order valence-electron chi connectivity index (χ1n) is 17.3. The first-order chi connectivity index (χ1) is 23.6. The van der Waals surface area contributed by atoms with Gasteiger partial charge in [0.2, 0.25) is 5.91 Å². The maximum atomic E-state index is 13.1. The van der Waals surface area contributed by atoms with Crippen molar-refractivity contribution in [2.45, 2.75) is 86.1 Å². The van der Waals surface area contributed by atoms with Crippen molar-refractivity contribution in [1.29, 1.82) is 0 Å². The highest BCUT2D eigenvalue weighted by Gasteiger charge is 2.30. The van der Waals surface area contributed by atoms with Gasteiger partial charge in [0, 0.05) is 58.4 Å². The van der Waals surface area contributed by atoms with Crippen molar-refractivity contribution < 1.29 is 19.1 Å². The molecule has 1 aromatic carbocycles. The standard InChI is InChI=1S/C30H43ClN6O2.C4H8O2.2C2H6/c1-7-24(29(28-20-33-21-36(28)5)34-30(38)22(2)39-6)26-19-23(31)12-13-25(26)27(11-9-8-10-14-32-3)37-17-15-35(4)16-18-37;1-4(2)6-3-5;2*1-2/h7-10,12-14,19-22,27,29,32H,11,15-18H2,1-6H3,(H,34,38);3-4H,1-2H3;2*1-2H3/b9-8-,14-10-,24-7+;;;. The minimum absolute atomic E-state index is 0.0301. The van der Waals surface area contributed by atoms with Crippen molar-refractivity contribution >= 4 is 29.6 Å². The van der Waals surface area contributed by atoms with Crippen LogP contribution in [-0.4, -0.2) is 91.3 Å². The molecule has 0 radical (unpaired) electrons. The van der Waals surface area contributed by atoms with Gasteiger partial charge in [-0.05, 0) is 82.3 Å². The van der Waals surface area contributed by atoms with Gasteiger partial charge in [-0.15, -0.1) is 0 Å². The van der Waals surface area contributed by atoms with Crippen LogP contribution in [0, 0.1) is 0 Å². The number of aromatic nitrogens is 2. The molecule has 3 unspecified atom stereocenters. The van der Waals surface area contributed by atoms with E-state index in [1.54, 1.807) is 33.3 Å². The summed E-state index contributed by atoms with van der Waals surface area (Å²) in [6, 6.07) is 5.83. The quantitative estimate of drug-likeness (QED) is 0.161. The van der Waals surface area contributed by atoms with Gasteiger partial charge >= 0.3 is 0 Å². The first-order valence-corrected chi connectivity index (χ1v) is 17.7. The van der Waals surface area contributed by atoms with Crippen molar-refractivity contribution in [1.82, 2.24) is 30.0 Å². The van der Waals surface area contributed by atoms with E-state index in [4.69, 9.17) is 16.3 Å². The number of halogens is 1. The molecule has 3 rings (SSSR count). The van der Waals surface area contributed by atoms with Crippen LogP contribution in [0.25, 0.3) is 5.57 Å². The predicted octanol–water partition coefficient (Wildman–Crippen LogP) is 6.96. The van der Waals surface area contributed by atoms with Crippen molar-refractivity contribution in [3.8, 4) is 0 Å². The molecule has 49 heavy (non-hydrogen) atoms. The van der Waals surface area contributed by atoms with Gasteiger partial charge in [-0.3, -0.25) is 14.5 Å². The van der Waals surface area contributed by atoms with E-state index in [0.29, 0.717) is 11.5 Å². The van der Waals surface area contributed by atoms with Crippen molar-refractivity contribution in [3.63, 3.8) is 0 Å². The molecule has 1 amide bonds. The minimum atomic E-state index is -0.591. The zero-order valence-corrected chi connectivity index (χ0v) is 32.8. The number of hydrogen-bond acceptors (Lipinski definition) is 8. The highest BCUT2D eigenvalue weighted by molar-refractivity contribution is 6.30. The molecule has 2 N–H and O–H groups in total. The van der Waals surface area contributed by atoms with Gasteiger partial charge < -0.3 is 29.6 Å². The maximum Gasteiger partial charge on any atom is 0.293 e. The molecule has 1 aliphatic rings. The highest BCUT2D eigenvalue weighted by Crippen LogP contribution is 2.39. The normalized spacial score (nSPS) is 15.6. The predicted molar refractivity (Wildman–Crippen MR) is 204 cm³/mol. The number of rotatable bonds is 14. The molecule has 2 heterocycles. The lowest BCUT2D eigenvalue weighted by Gasteiger charge is -2.39. The average molecular weight is 703 g/mol. The molecule has 276 valence electrons. The second kappa shape index (κ2) is 26.4. The lowest BCUT2D eigenvalue weighted by atomic mass is 9.87. The van der Waals surface area contributed by atoms with E-state index in [1.165, 1.54) is 12.7 Å². The Morgan fingerprint density at radius 3 is 2.20 bits per heavy atom. The lowest BCUT2D eigenvalue weighted by molar-refractivity contribution is -0.132. The van der Waals surface area contributed by atoms with E-state index in [9.17, 15) is 9.59 Å². The van der Waals surface area contributed by atoms with Crippen LogP contribution in [0.1, 0.15) is 90.7 Å². The van der Waals surface area contributed by atoms with Crippen LogP contribution in [0.3, 0.4) is 0 Å². The molecule has 0 saturated carbocycles. The van der Waals surface area contributed by atoms with Gasteiger partial charge in [-0.25, -0.2) is 4.98 Å². The van der Waals surface area contributed by atoms with E-state index in [0.717, 1.165) is 49.4 Å². The largest absolute Gasteiger partial charge is 0.465 e. The van der Waals surface area contributed by atoms with Gasteiger partial charge in [-0.2, -0.15) is 0 Å². The molecule has 0 bridgehead atoms. The summed E-state index contributed by atoms with van der Waals surface area (Å²) in [5.74, 6) is -0.193. The molecule has 11 heteroatoms. The van der Waals surface area contributed by atoms with Gasteiger partial charge in [0.25, 0.3) is 6.47 Å². The summed E-state index contributed by atoms with van der Waals surface area (Å²) < 4.78 is 11.6. The Balaban J connectivity index is 0.00000204. The summed E-state index contributed by atoms with van der Waals surface area (Å²) in [5.41, 5.74) is 4.04. The van der Waals surface area contributed by atoms with E-state index in [2.05, 4.69) is 61.5 Å². The molecule has 1 aromatic heterocycles. The number of piperazine rings is 1. The number of allylic oxidation sites excluding steroid dienone is 3. The van der Waals surface area contributed by atoms with Crippen LogP contribution in [0.2, 0.25) is 5.02 Å². The number of amides is 1. The second-order valence-electron chi connectivity index (χ2n) is 11.2. The Morgan fingerprint density at radius 1 is 1.06 bits per heavy atom. The average Bonchev–Trinajstić information content (AvgIpc) is 3.54. The highest BCUT2D eigenvalue weighted by atomic mass is 35.5. The molecule has 2 aromatic rings. The lowest BCUT2D eigenvalue weighted by Crippen LogP contribution is -2.46. The molecule has 0 aliphatic carbocycles. The van der Waals surface area contributed by atoms with Crippen LogP contribution < -0.4 is 10.6 Å². The van der Waals surface area contributed by atoms with Gasteiger partial charge in [0.15, 0.2) is 0 Å². The fraction of sp³-hybridized carbons (Fsp3) is 0.553. The monoisotopic (exact) mass is 702 g/mol. The number of nitrogens with zero attached hydrogens (tertiary/aromatic N) is 4. The van der Waals surface area contributed by atoms with Crippen LogP contribution in [0.5, 0.6) is 0 Å². The molecular formula is C38H63ClN6O4. The van der Waals surface area contributed by atoms with E-state index in [1.807, 2.05) is 77.7 Å². The number of ether oxygens (including phenoxy) is 2. The number of imidazole rings is 1. The summed E-state index contributed by atoms with van der Waals surface area (Å²) in [4.78, 5) is 31.7. The molecule has 0 spiro atoms. The van der Waals surface area contributed by atoms with Crippen LogP contribution in [0.15, 0.2) is 61.2 Å². The number of methoxy groups -OCH3 is 1. The summed E-state index contributed by atoms with van der Waals surface area (Å²) in [7, 11) is 7.53. The van der Waals surface area contributed by atoms with E-state index in [-0.39, 0.29) is 18.1 Å².